The molecule has 0 bridgehead atoms. The number of aromatic hydroxyl groups is 2. The highest BCUT2D eigenvalue weighted by molar-refractivity contribution is 6.18. The average molecular weight is 284 g/mol. The van der Waals surface area contributed by atoms with E-state index in [0.717, 1.165) is 19.3 Å². The Morgan fingerprint density at radius 2 is 1.89 bits per heavy atom. The zero-order valence-corrected chi connectivity index (χ0v) is 11.4. The summed E-state index contributed by atoms with van der Waals surface area (Å²) in [6, 6.07) is 4.25. The summed E-state index contributed by atoms with van der Waals surface area (Å²) in [5.74, 6) is 0.573. The van der Waals surface area contributed by atoms with Crippen LogP contribution >= 0.6 is 11.6 Å². The van der Waals surface area contributed by atoms with Gasteiger partial charge in [0.25, 0.3) is 5.91 Å². The Morgan fingerprint density at radius 1 is 1.26 bits per heavy atom. The molecule has 1 saturated carbocycles. The van der Waals surface area contributed by atoms with E-state index in [1.807, 2.05) is 0 Å². The van der Waals surface area contributed by atoms with Crippen LogP contribution in [0.2, 0.25) is 0 Å². The lowest BCUT2D eigenvalue weighted by molar-refractivity contribution is 0.0939. The van der Waals surface area contributed by atoms with E-state index in [2.05, 4.69) is 5.32 Å². The summed E-state index contributed by atoms with van der Waals surface area (Å²) in [6.45, 7) is 0.532. The molecule has 3 N–H and O–H groups in total. The zero-order valence-electron chi connectivity index (χ0n) is 10.6. The second-order valence-corrected chi connectivity index (χ2v) is 5.30. The molecule has 0 radical (unpaired) electrons. The van der Waals surface area contributed by atoms with Gasteiger partial charge < -0.3 is 15.5 Å². The van der Waals surface area contributed by atoms with E-state index in [0.29, 0.717) is 24.3 Å². The Balaban J connectivity index is 1.98. The van der Waals surface area contributed by atoms with Gasteiger partial charge in [-0.15, -0.1) is 11.6 Å². The van der Waals surface area contributed by atoms with Gasteiger partial charge in [0.15, 0.2) is 0 Å². The molecule has 2 unspecified atom stereocenters. The van der Waals surface area contributed by atoms with Crippen LogP contribution in [0, 0.1) is 11.8 Å². The Morgan fingerprint density at radius 3 is 2.53 bits per heavy atom. The van der Waals surface area contributed by atoms with Crippen LogP contribution in [0.5, 0.6) is 11.5 Å². The van der Waals surface area contributed by atoms with Crippen LogP contribution in [-0.4, -0.2) is 28.5 Å². The number of amides is 1. The standard InChI is InChI=1S/C14H18ClNO3/c15-7-9-3-1-4-10(9)8-16-14(19)13-11(17)5-2-6-12(13)18/h2,5-6,9-10,17-18H,1,3-4,7-8H2,(H,16,19). The number of carbonyl (C=O) groups is 1. The van der Waals surface area contributed by atoms with Crippen molar-refractivity contribution in [3.63, 3.8) is 0 Å². The number of alkyl halides is 1. The number of hydrogen-bond acceptors (Lipinski definition) is 3. The second-order valence-electron chi connectivity index (χ2n) is 4.99. The summed E-state index contributed by atoms with van der Waals surface area (Å²) in [4.78, 5) is 12.0. The fourth-order valence-electron chi connectivity index (χ4n) is 2.66. The van der Waals surface area contributed by atoms with E-state index in [4.69, 9.17) is 11.6 Å². The molecule has 4 nitrogen and oxygen atoms in total. The summed E-state index contributed by atoms with van der Waals surface area (Å²) in [5, 5.41) is 22.0. The number of hydrogen-bond donors (Lipinski definition) is 3. The minimum Gasteiger partial charge on any atom is -0.507 e. The van der Waals surface area contributed by atoms with Crippen LogP contribution in [0.15, 0.2) is 18.2 Å². The SMILES string of the molecule is O=C(NCC1CCCC1CCl)c1c(O)cccc1O. The molecular formula is C14H18ClNO3. The number of halogens is 1. The minimum atomic E-state index is -0.448. The quantitative estimate of drug-likeness (QED) is 0.744. The number of rotatable bonds is 4. The van der Waals surface area contributed by atoms with Gasteiger partial charge in [-0.05, 0) is 36.8 Å². The molecule has 2 rings (SSSR count). The molecule has 0 aromatic heterocycles. The molecule has 1 aromatic carbocycles. The molecule has 0 spiro atoms. The lowest BCUT2D eigenvalue weighted by atomic mass is 9.98. The maximum atomic E-state index is 12.0. The highest BCUT2D eigenvalue weighted by Gasteiger charge is 2.27. The Hall–Kier alpha value is -1.42. The molecule has 1 aliphatic carbocycles. The first-order valence-corrected chi connectivity index (χ1v) is 7.02. The van der Waals surface area contributed by atoms with Gasteiger partial charge in [0.05, 0.1) is 0 Å². The van der Waals surface area contributed by atoms with Crippen LogP contribution in [0.25, 0.3) is 0 Å². The lowest BCUT2D eigenvalue weighted by Crippen LogP contribution is -2.31. The number of benzene rings is 1. The monoisotopic (exact) mass is 283 g/mol. The molecule has 19 heavy (non-hydrogen) atoms. The van der Waals surface area contributed by atoms with Crippen molar-refractivity contribution >= 4 is 17.5 Å². The van der Waals surface area contributed by atoms with Crippen molar-refractivity contribution in [2.24, 2.45) is 11.8 Å². The Kier molecular flexibility index (Phi) is 4.53. The van der Waals surface area contributed by atoms with E-state index in [1.165, 1.54) is 18.2 Å². The van der Waals surface area contributed by atoms with Gasteiger partial charge in [-0.3, -0.25) is 4.79 Å². The third kappa shape index (κ3) is 3.13. The first kappa shape index (κ1) is 14.0. The molecule has 1 fully saturated rings. The van der Waals surface area contributed by atoms with Crippen LogP contribution < -0.4 is 5.32 Å². The fraction of sp³-hybridized carbons (Fsp3) is 0.500. The van der Waals surface area contributed by atoms with Crippen LogP contribution in [0.4, 0.5) is 0 Å². The second kappa shape index (κ2) is 6.15. The number of carbonyl (C=O) groups excluding carboxylic acids is 1. The lowest BCUT2D eigenvalue weighted by Gasteiger charge is -2.18. The topological polar surface area (TPSA) is 69.6 Å². The summed E-state index contributed by atoms with van der Waals surface area (Å²) in [6.07, 6.45) is 3.30. The third-order valence-electron chi connectivity index (χ3n) is 3.79. The average Bonchev–Trinajstić information content (AvgIpc) is 2.83. The van der Waals surface area contributed by atoms with E-state index in [-0.39, 0.29) is 17.1 Å². The van der Waals surface area contributed by atoms with Crippen molar-refractivity contribution in [1.82, 2.24) is 5.32 Å². The van der Waals surface area contributed by atoms with E-state index >= 15 is 0 Å². The molecule has 2 atom stereocenters. The molecule has 1 aromatic rings. The third-order valence-corrected chi connectivity index (χ3v) is 4.18. The maximum absolute atomic E-state index is 12.0. The largest absolute Gasteiger partial charge is 0.507 e. The first-order valence-electron chi connectivity index (χ1n) is 6.48. The molecule has 0 saturated heterocycles. The van der Waals surface area contributed by atoms with Crippen molar-refractivity contribution < 1.29 is 15.0 Å². The van der Waals surface area contributed by atoms with Gasteiger partial charge >= 0.3 is 0 Å². The smallest absolute Gasteiger partial charge is 0.258 e. The van der Waals surface area contributed by atoms with Gasteiger partial charge in [0.1, 0.15) is 17.1 Å². The number of phenols is 2. The van der Waals surface area contributed by atoms with Crippen molar-refractivity contribution in [2.75, 3.05) is 12.4 Å². The molecule has 0 aliphatic heterocycles. The van der Waals surface area contributed by atoms with Crippen LogP contribution in [0.1, 0.15) is 29.6 Å². The van der Waals surface area contributed by atoms with Crippen LogP contribution in [0.3, 0.4) is 0 Å². The van der Waals surface area contributed by atoms with Gasteiger partial charge in [0, 0.05) is 12.4 Å². The van der Waals surface area contributed by atoms with Gasteiger partial charge in [-0.1, -0.05) is 12.5 Å². The fourth-order valence-corrected chi connectivity index (χ4v) is 3.06. The summed E-state index contributed by atoms with van der Waals surface area (Å²) in [7, 11) is 0. The molecule has 104 valence electrons. The molecular weight excluding hydrogens is 266 g/mol. The highest BCUT2D eigenvalue weighted by atomic mass is 35.5. The van der Waals surface area contributed by atoms with Gasteiger partial charge in [-0.2, -0.15) is 0 Å². The molecule has 0 heterocycles. The van der Waals surface area contributed by atoms with Crippen molar-refractivity contribution in [3.8, 4) is 11.5 Å². The van der Waals surface area contributed by atoms with E-state index < -0.39 is 5.91 Å². The van der Waals surface area contributed by atoms with Gasteiger partial charge in [0.2, 0.25) is 0 Å². The molecule has 1 amide bonds. The number of nitrogens with one attached hydrogen (secondary N) is 1. The Bertz CT molecular complexity index is 444. The number of phenolic OH excluding ortho intramolecular Hbond substituents is 2. The van der Waals surface area contributed by atoms with E-state index in [9.17, 15) is 15.0 Å². The van der Waals surface area contributed by atoms with Gasteiger partial charge in [-0.25, -0.2) is 0 Å². The first-order chi connectivity index (χ1) is 9.13. The molecule has 1 aliphatic rings. The predicted molar refractivity (Wildman–Crippen MR) is 73.7 cm³/mol. The van der Waals surface area contributed by atoms with Crippen molar-refractivity contribution in [1.29, 1.82) is 0 Å². The summed E-state index contributed by atoms with van der Waals surface area (Å²) in [5.41, 5.74) is -0.0667. The Labute approximate surface area is 117 Å². The normalized spacial score (nSPS) is 22.4. The summed E-state index contributed by atoms with van der Waals surface area (Å²) < 4.78 is 0. The van der Waals surface area contributed by atoms with Crippen molar-refractivity contribution in [2.45, 2.75) is 19.3 Å². The maximum Gasteiger partial charge on any atom is 0.258 e. The summed E-state index contributed by atoms with van der Waals surface area (Å²) >= 11 is 5.89. The molecule has 5 heteroatoms. The van der Waals surface area contributed by atoms with Crippen LogP contribution in [-0.2, 0) is 0 Å². The van der Waals surface area contributed by atoms with Crippen molar-refractivity contribution in [3.05, 3.63) is 23.8 Å². The minimum absolute atomic E-state index is 0.0667. The van der Waals surface area contributed by atoms with E-state index in [1.54, 1.807) is 0 Å². The highest BCUT2D eigenvalue weighted by Crippen LogP contribution is 2.32. The zero-order chi connectivity index (χ0) is 13.8. The predicted octanol–water partition coefficient (Wildman–Crippen LogP) is 2.48.